The summed E-state index contributed by atoms with van der Waals surface area (Å²) in [4.78, 5) is 9.55. The molecule has 1 aliphatic heterocycles. The number of guanidine groups is 1. The van der Waals surface area contributed by atoms with Crippen LogP contribution in [-0.2, 0) is 6.54 Å². The molecule has 0 amide bonds. The molecule has 31 heavy (non-hydrogen) atoms. The molecule has 1 N–H and O–H groups in total. The third kappa shape index (κ3) is 4.96. The molecule has 0 atom stereocenters. The van der Waals surface area contributed by atoms with Gasteiger partial charge in [-0.05, 0) is 31.2 Å². The molecule has 0 aliphatic carbocycles. The van der Waals surface area contributed by atoms with Gasteiger partial charge in [0.25, 0.3) is 0 Å². The molecule has 0 spiro atoms. The number of rotatable bonds is 6. The summed E-state index contributed by atoms with van der Waals surface area (Å²) in [6, 6.07) is 18.3. The molecule has 2 heterocycles. The van der Waals surface area contributed by atoms with Gasteiger partial charge >= 0.3 is 0 Å². The van der Waals surface area contributed by atoms with Crippen molar-refractivity contribution in [3.63, 3.8) is 0 Å². The highest BCUT2D eigenvalue weighted by atomic mass is 16.5. The SMILES string of the molecule is CCNC(=NCc1nncn1-c1ccccc1)N1CCN(c2cccc(OC)c2)CC1. The van der Waals surface area contributed by atoms with Crippen molar-refractivity contribution in [1.82, 2.24) is 25.0 Å². The van der Waals surface area contributed by atoms with Gasteiger partial charge in [-0.2, -0.15) is 0 Å². The van der Waals surface area contributed by atoms with Crippen LogP contribution in [0.3, 0.4) is 0 Å². The van der Waals surface area contributed by atoms with Gasteiger partial charge in [-0.15, -0.1) is 10.2 Å². The lowest BCUT2D eigenvalue weighted by Gasteiger charge is -2.37. The van der Waals surface area contributed by atoms with Crippen LogP contribution in [0.25, 0.3) is 5.69 Å². The largest absolute Gasteiger partial charge is 0.497 e. The summed E-state index contributed by atoms with van der Waals surface area (Å²) in [5.74, 6) is 2.62. The van der Waals surface area contributed by atoms with Gasteiger partial charge in [-0.3, -0.25) is 4.57 Å². The van der Waals surface area contributed by atoms with E-state index in [2.05, 4.69) is 44.4 Å². The molecule has 3 aromatic rings. The summed E-state index contributed by atoms with van der Waals surface area (Å²) in [7, 11) is 1.70. The van der Waals surface area contributed by atoms with Crippen molar-refractivity contribution in [3.05, 3.63) is 66.7 Å². The van der Waals surface area contributed by atoms with Crippen molar-refractivity contribution in [2.24, 2.45) is 4.99 Å². The van der Waals surface area contributed by atoms with Crippen LogP contribution >= 0.6 is 0 Å². The summed E-state index contributed by atoms with van der Waals surface area (Å²) in [6.07, 6.45) is 1.74. The maximum absolute atomic E-state index is 5.37. The van der Waals surface area contributed by atoms with Gasteiger partial charge in [-0.25, -0.2) is 4.99 Å². The van der Waals surface area contributed by atoms with Crippen molar-refractivity contribution in [3.8, 4) is 11.4 Å². The van der Waals surface area contributed by atoms with Crippen molar-refractivity contribution < 1.29 is 4.74 Å². The number of nitrogens with one attached hydrogen (secondary N) is 1. The van der Waals surface area contributed by atoms with Gasteiger partial charge in [-0.1, -0.05) is 24.3 Å². The number of piperazine rings is 1. The van der Waals surface area contributed by atoms with Crippen molar-refractivity contribution in [1.29, 1.82) is 0 Å². The Morgan fingerprint density at radius 1 is 1.03 bits per heavy atom. The fourth-order valence-electron chi connectivity index (χ4n) is 3.73. The van der Waals surface area contributed by atoms with E-state index in [1.807, 2.05) is 47.0 Å². The zero-order valence-corrected chi connectivity index (χ0v) is 18.1. The van der Waals surface area contributed by atoms with Crippen LogP contribution in [0, 0.1) is 0 Å². The molecule has 1 saturated heterocycles. The molecule has 0 radical (unpaired) electrons. The number of aliphatic imine (C=N–C) groups is 1. The number of aromatic nitrogens is 3. The summed E-state index contributed by atoms with van der Waals surface area (Å²) in [5.41, 5.74) is 2.23. The Labute approximate surface area is 183 Å². The maximum atomic E-state index is 5.37. The molecular weight excluding hydrogens is 390 g/mol. The van der Waals surface area contributed by atoms with Crippen LogP contribution in [0.15, 0.2) is 65.9 Å². The molecule has 4 rings (SSSR count). The third-order valence-corrected chi connectivity index (χ3v) is 5.36. The van der Waals surface area contributed by atoms with E-state index in [9.17, 15) is 0 Å². The Balaban J connectivity index is 1.43. The van der Waals surface area contributed by atoms with E-state index in [-0.39, 0.29) is 0 Å². The predicted octanol–water partition coefficient (Wildman–Crippen LogP) is 2.56. The van der Waals surface area contributed by atoms with E-state index >= 15 is 0 Å². The van der Waals surface area contributed by atoms with Gasteiger partial charge in [0.05, 0.1) is 7.11 Å². The summed E-state index contributed by atoms with van der Waals surface area (Å²) in [6.45, 7) is 7.03. The lowest BCUT2D eigenvalue weighted by Crippen LogP contribution is -2.52. The lowest BCUT2D eigenvalue weighted by atomic mass is 10.2. The minimum Gasteiger partial charge on any atom is -0.497 e. The fourth-order valence-corrected chi connectivity index (χ4v) is 3.73. The number of para-hydroxylation sites is 1. The standard InChI is InChI=1S/C23H29N7O/c1-3-24-23(25-17-22-27-26-18-30(22)19-8-5-4-6-9-19)29-14-12-28(13-15-29)20-10-7-11-21(16-20)31-2/h4-11,16,18H,3,12-15,17H2,1-2H3,(H,24,25). The molecule has 0 unspecified atom stereocenters. The normalized spacial score (nSPS) is 14.6. The van der Waals surface area contributed by atoms with E-state index in [4.69, 9.17) is 9.73 Å². The maximum Gasteiger partial charge on any atom is 0.194 e. The number of anilines is 1. The third-order valence-electron chi connectivity index (χ3n) is 5.36. The second kappa shape index (κ2) is 9.97. The first-order valence-electron chi connectivity index (χ1n) is 10.6. The molecule has 8 nitrogen and oxygen atoms in total. The monoisotopic (exact) mass is 419 g/mol. The smallest absolute Gasteiger partial charge is 0.194 e. The second-order valence-corrected chi connectivity index (χ2v) is 7.30. The van der Waals surface area contributed by atoms with Crippen LogP contribution < -0.4 is 15.0 Å². The van der Waals surface area contributed by atoms with E-state index < -0.39 is 0 Å². The van der Waals surface area contributed by atoms with Crippen LogP contribution in [0.2, 0.25) is 0 Å². The zero-order valence-electron chi connectivity index (χ0n) is 18.1. The minimum absolute atomic E-state index is 0.466. The number of benzene rings is 2. The topological polar surface area (TPSA) is 70.8 Å². The zero-order chi connectivity index (χ0) is 21.5. The van der Waals surface area contributed by atoms with Crippen molar-refractivity contribution in [2.45, 2.75) is 13.5 Å². The molecule has 2 aromatic carbocycles. The average Bonchev–Trinajstić information content (AvgIpc) is 3.31. The van der Waals surface area contributed by atoms with E-state index in [0.717, 1.165) is 55.9 Å². The molecule has 0 saturated carbocycles. The first-order valence-corrected chi connectivity index (χ1v) is 10.6. The first-order chi connectivity index (χ1) is 15.3. The van der Waals surface area contributed by atoms with Gasteiger partial charge < -0.3 is 19.9 Å². The van der Waals surface area contributed by atoms with Gasteiger partial charge in [0.1, 0.15) is 18.6 Å². The van der Waals surface area contributed by atoms with Gasteiger partial charge in [0, 0.05) is 50.2 Å². The quantitative estimate of drug-likeness (QED) is 0.489. The van der Waals surface area contributed by atoms with E-state index in [1.54, 1.807) is 13.4 Å². The molecule has 8 heteroatoms. The molecule has 1 fully saturated rings. The number of ether oxygens (including phenoxy) is 1. The summed E-state index contributed by atoms with van der Waals surface area (Å²) < 4.78 is 7.35. The number of hydrogen-bond acceptors (Lipinski definition) is 5. The number of hydrogen-bond donors (Lipinski definition) is 1. The Kier molecular flexibility index (Phi) is 6.66. The minimum atomic E-state index is 0.466. The van der Waals surface area contributed by atoms with Gasteiger partial charge in [0.2, 0.25) is 0 Å². The Morgan fingerprint density at radius 3 is 2.55 bits per heavy atom. The lowest BCUT2D eigenvalue weighted by molar-refractivity contribution is 0.371. The Hall–Kier alpha value is -3.55. The molecule has 1 aromatic heterocycles. The molecule has 1 aliphatic rings. The average molecular weight is 420 g/mol. The highest BCUT2D eigenvalue weighted by molar-refractivity contribution is 5.80. The van der Waals surface area contributed by atoms with E-state index in [1.165, 1.54) is 5.69 Å². The Bertz CT molecular complexity index is 994. The van der Waals surface area contributed by atoms with Crippen molar-refractivity contribution >= 4 is 11.6 Å². The predicted molar refractivity (Wildman–Crippen MR) is 123 cm³/mol. The highest BCUT2D eigenvalue weighted by Crippen LogP contribution is 2.22. The number of nitrogens with zero attached hydrogens (tertiary/aromatic N) is 6. The van der Waals surface area contributed by atoms with Gasteiger partial charge in [0.15, 0.2) is 11.8 Å². The van der Waals surface area contributed by atoms with Crippen LogP contribution in [0.5, 0.6) is 5.75 Å². The highest BCUT2D eigenvalue weighted by Gasteiger charge is 2.20. The summed E-state index contributed by atoms with van der Waals surface area (Å²) in [5, 5.41) is 11.8. The second-order valence-electron chi connectivity index (χ2n) is 7.30. The van der Waals surface area contributed by atoms with E-state index in [0.29, 0.717) is 6.54 Å². The molecule has 0 bridgehead atoms. The van der Waals surface area contributed by atoms with Crippen LogP contribution in [0.4, 0.5) is 5.69 Å². The Morgan fingerprint density at radius 2 is 1.81 bits per heavy atom. The number of methoxy groups -OCH3 is 1. The molecular formula is C23H29N7O. The summed E-state index contributed by atoms with van der Waals surface area (Å²) >= 11 is 0. The fraction of sp³-hybridized carbons (Fsp3) is 0.348. The van der Waals surface area contributed by atoms with Crippen molar-refractivity contribution in [2.75, 3.05) is 44.7 Å². The first kappa shape index (κ1) is 20.7. The molecule has 162 valence electrons. The van der Waals surface area contributed by atoms with Crippen LogP contribution in [-0.4, -0.2) is 65.5 Å². The van der Waals surface area contributed by atoms with Crippen LogP contribution in [0.1, 0.15) is 12.7 Å².